The SMILES string of the molecule is C1=C[C-]([P+](=c2cc[cH-]cc2)[c-]2cccc2-[c-]2cccc2P(c2ccccc2)c2ccccc2)C=C[CH-]1. The Bertz CT molecular complexity index is 1490. The van der Waals surface area contributed by atoms with Crippen molar-refractivity contribution in [3.8, 4) is 11.1 Å². The topological polar surface area (TPSA) is 0 Å². The normalized spacial score (nSPS) is 13.1. The van der Waals surface area contributed by atoms with Crippen LogP contribution in [0.25, 0.3) is 11.1 Å². The summed E-state index contributed by atoms with van der Waals surface area (Å²) in [5, 5.41) is 5.61. The molecular formula is C34H26P2-4. The maximum Gasteiger partial charge on any atom is 0.0182 e. The van der Waals surface area contributed by atoms with E-state index in [9.17, 15) is 0 Å². The average Bonchev–Trinajstić information content (AvgIpc) is 3.62. The molecule has 176 valence electrons. The molecule has 2 heteroatoms. The second kappa shape index (κ2) is 10.5. The van der Waals surface area contributed by atoms with Crippen molar-refractivity contribution in [1.29, 1.82) is 0 Å². The highest BCUT2D eigenvalue weighted by atomic mass is 31.1. The minimum absolute atomic E-state index is 0.667. The third-order valence-electron chi connectivity index (χ3n) is 6.42. The van der Waals surface area contributed by atoms with Crippen LogP contribution in [0.15, 0.2) is 152 Å². The first kappa shape index (κ1) is 22.8. The standard InChI is InChI=1S/C34H26P2/c1-5-15-27(16-6-1)35(28-17-7-2-8-18-28)33-25-13-23-31(33)32-24-14-26-34(32)36(29-19-9-3-10-20-29)30-21-11-4-12-22-30/h1-26H/q-4. The van der Waals surface area contributed by atoms with Crippen molar-refractivity contribution in [2.75, 3.05) is 0 Å². The first-order chi connectivity index (χ1) is 17.9. The summed E-state index contributed by atoms with van der Waals surface area (Å²) in [6.07, 6.45) is 11.0. The molecule has 0 radical (unpaired) electrons. The lowest BCUT2D eigenvalue weighted by Crippen LogP contribution is -2.21. The monoisotopic (exact) mass is 496 g/mol. The zero-order valence-corrected chi connectivity index (χ0v) is 21.7. The van der Waals surface area contributed by atoms with Gasteiger partial charge < -0.3 is 0 Å². The number of hydrogen-bond acceptors (Lipinski definition) is 0. The molecule has 36 heavy (non-hydrogen) atoms. The van der Waals surface area contributed by atoms with E-state index in [2.05, 4.69) is 158 Å². The van der Waals surface area contributed by atoms with Crippen LogP contribution in [0.1, 0.15) is 0 Å². The Balaban J connectivity index is 1.54. The van der Waals surface area contributed by atoms with E-state index in [4.69, 9.17) is 0 Å². The summed E-state index contributed by atoms with van der Waals surface area (Å²) in [5.74, 6) is 0. The van der Waals surface area contributed by atoms with Gasteiger partial charge in [0, 0.05) is 4.94 Å². The third kappa shape index (κ3) is 4.47. The van der Waals surface area contributed by atoms with Crippen LogP contribution in [0, 0.1) is 17.0 Å². The van der Waals surface area contributed by atoms with E-state index in [0.29, 0.717) is 0 Å². The fourth-order valence-corrected chi connectivity index (χ4v) is 9.76. The van der Waals surface area contributed by atoms with Crippen LogP contribution in [0.2, 0.25) is 0 Å². The molecule has 0 N–H and O–H groups in total. The predicted molar refractivity (Wildman–Crippen MR) is 159 cm³/mol. The Morgan fingerprint density at radius 1 is 0.639 bits per heavy atom. The van der Waals surface area contributed by atoms with Gasteiger partial charge in [-0.05, 0) is 31.4 Å². The number of hydrogen-bond donors (Lipinski definition) is 0. The predicted octanol–water partition coefficient (Wildman–Crippen LogP) is 7.47. The van der Waals surface area contributed by atoms with Crippen LogP contribution in [-0.4, -0.2) is 0 Å². The van der Waals surface area contributed by atoms with Gasteiger partial charge in [0.15, 0.2) is 0 Å². The molecule has 0 aliphatic heterocycles. The molecule has 0 spiro atoms. The van der Waals surface area contributed by atoms with Crippen LogP contribution in [-0.2, 0) is 0 Å². The molecule has 5 aromatic carbocycles. The van der Waals surface area contributed by atoms with Crippen LogP contribution in [0.4, 0.5) is 0 Å². The molecule has 0 saturated carbocycles. The lowest BCUT2D eigenvalue weighted by molar-refractivity contribution is 1.53. The summed E-state index contributed by atoms with van der Waals surface area (Å²) in [6, 6.07) is 46.7. The first-order valence-corrected chi connectivity index (χ1v) is 14.9. The van der Waals surface area contributed by atoms with Crippen LogP contribution in [0.3, 0.4) is 0 Å². The van der Waals surface area contributed by atoms with Gasteiger partial charge in [-0.3, -0.25) is 30.7 Å². The Kier molecular flexibility index (Phi) is 6.64. The van der Waals surface area contributed by atoms with Gasteiger partial charge in [-0.15, -0.1) is 18.2 Å². The molecule has 0 bridgehead atoms. The minimum atomic E-state index is -0.667. The zero-order chi connectivity index (χ0) is 24.2. The molecule has 0 saturated heterocycles. The van der Waals surface area contributed by atoms with Crippen molar-refractivity contribution in [2.45, 2.75) is 0 Å². The average molecular weight is 497 g/mol. The van der Waals surface area contributed by atoms with E-state index in [0.717, 1.165) is 0 Å². The summed E-state index contributed by atoms with van der Waals surface area (Å²) in [6.45, 7) is 0. The summed E-state index contributed by atoms with van der Waals surface area (Å²) in [4.78, 5) is 1.38. The molecule has 0 aromatic heterocycles. The molecule has 0 nitrogen and oxygen atoms in total. The molecule has 0 heterocycles. The molecule has 6 rings (SSSR count). The van der Waals surface area contributed by atoms with E-state index in [-0.39, 0.29) is 0 Å². The third-order valence-corrected chi connectivity index (χ3v) is 11.4. The largest absolute Gasteiger partial charge is 0.299 e. The fourth-order valence-electron chi connectivity index (χ4n) is 4.83. The molecule has 0 fully saturated rings. The Labute approximate surface area is 216 Å². The molecule has 1 atom stereocenters. The van der Waals surface area contributed by atoms with E-state index < -0.39 is 15.5 Å². The Hall–Kier alpha value is -3.69. The van der Waals surface area contributed by atoms with E-state index in [1.54, 1.807) is 0 Å². The molecule has 1 aliphatic rings. The Morgan fingerprint density at radius 3 is 1.94 bits per heavy atom. The summed E-state index contributed by atoms with van der Waals surface area (Å²) < 4.78 is 0. The maximum absolute atomic E-state index is 2.34. The summed E-state index contributed by atoms with van der Waals surface area (Å²) in [7, 11) is -1.33. The van der Waals surface area contributed by atoms with Crippen molar-refractivity contribution >= 4 is 36.7 Å². The van der Waals surface area contributed by atoms with Crippen molar-refractivity contribution in [3.05, 3.63) is 169 Å². The highest BCUT2D eigenvalue weighted by Gasteiger charge is 2.18. The molecule has 5 aromatic rings. The van der Waals surface area contributed by atoms with Gasteiger partial charge in [-0.2, -0.15) is 29.8 Å². The van der Waals surface area contributed by atoms with Crippen LogP contribution in [0.5, 0.6) is 0 Å². The van der Waals surface area contributed by atoms with Gasteiger partial charge in [-0.1, -0.05) is 83.8 Å². The highest BCUT2D eigenvalue weighted by Crippen LogP contribution is 2.46. The van der Waals surface area contributed by atoms with E-state index >= 15 is 0 Å². The van der Waals surface area contributed by atoms with Crippen molar-refractivity contribution in [2.24, 2.45) is 0 Å². The van der Waals surface area contributed by atoms with Gasteiger partial charge >= 0.3 is 0 Å². The second-order valence-electron chi connectivity index (χ2n) is 8.66. The van der Waals surface area contributed by atoms with E-state index in [1.807, 2.05) is 0 Å². The van der Waals surface area contributed by atoms with E-state index in [1.165, 1.54) is 42.9 Å². The van der Waals surface area contributed by atoms with Gasteiger partial charge in [0.1, 0.15) is 0 Å². The van der Waals surface area contributed by atoms with Gasteiger partial charge in [-0.25, -0.2) is 17.7 Å². The first-order valence-electron chi connectivity index (χ1n) is 12.2. The summed E-state index contributed by atoms with van der Waals surface area (Å²) in [5.41, 5.74) is 4.09. The zero-order valence-electron chi connectivity index (χ0n) is 19.9. The minimum Gasteiger partial charge on any atom is -0.299 e. The molecule has 1 unspecified atom stereocenters. The smallest absolute Gasteiger partial charge is 0.0182 e. The number of benzene rings is 3. The van der Waals surface area contributed by atoms with Crippen molar-refractivity contribution < 1.29 is 0 Å². The van der Waals surface area contributed by atoms with Crippen LogP contribution >= 0.6 is 15.5 Å². The number of allylic oxidation sites excluding steroid dienone is 4. The van der Waals surface area contributed by atoms with Crippen LogP contribution < -0.4 is 21.2 Å². The van der Waals surface area contributed by atoms with Gasteiger partial charge in [0.25, 0.3) is 0 Å². The lowest BCUT2D eigenvalue weighted by Gasteiger charge is -2.30. The van der Waals surface area contributed by atoms with Gasteiger partial charge in [0.2, 0.25) is 0 Å². The fraction of sp³-hybridized carbons (Fsp3) is 0. The summed E-state index contributed by atoms with van der Waals surface area (Å²) >= 11 is 0. The maximum atomic E-state index is 2.34. The van der Waals surface area contributed by atoms with Crippen molar-refractivity contribution in [1.82, 2.24) is 0 Å². The lowest BCUT2D eigenvalue weighted by atomic mass is 10.2. The molecule has 1 aliphatic carbocycles. The molecule has 0 amide bonds. The quantitative estimate of drug-likeness (QED) is 0.169. The Morgan fingerprint density at radius 2 is 1.28 bits per heavy atom. The highest BCUT2D eigenvalue weighted by molar-refractivity contribution is 7.80. The second-order valence-corrected chi connectivity index (χ2v) is 13.0. The number of rotatable bonds is 6. The molecular weight excluding hydrogens is 470 g/mol. The van der Waals surface area contributed by atoms with Crippen molar-refractivity contribution in [3.63, 3.8) is 0 Å². The van der Waals surface area contributed by atoms with Gasteiger partial charge in [0.05, 0.1) is 0 Å².